The molecular formula is C21H48O12P4. The molecular weight excluding hydrogens is 568 g/mol. The number of rotatable bonds is 27. The molecule has 0 aromatic carbocycles. The Kier molecular flexibility index (Phi) is 22.9. The second-order valence-electron chi connectivity index (χ2n) is 7.83. The van der Waals surface area contributed by atoms with Gasteiger partial charge in [0.15, 0.2) is 19.0 Å². The van der Waals surface area contributed by atoms with Crippen molar-refractivity contribution in [3.05, 3.63) is 0 Å². The molecule has 0 aliphatic carbocycles. The first-order valence-corrected chi connectivity index (χ1v) is 19.3. The minimum Gasteiger partial charge on any atom is -0.307 e. The molecule has 0 amide bonds. The lowest BCUT2D eigenvalue weighted by Gasteiger charge is -2.25. The van der Waals surface area contributed by atoms with Crippen LogP contribution in [-0.2, 0) is 54.4 Å². The van der Waals surface area contributed by atoms with Crippen molar-refractivity contribution in [3.8, 4) is 0 Å². The Bertz CT molecular complexity index is 570. The van der Waals surface area contributed by atoms with Crippen LogP contribution in [0.25, 0.3) is 0 Å². The molecule has 0 fully saturated rings. The Balaban J connectivity index is 5.60. The van der Waals surface area contributed by atoms with Crippen molar-refractivity contribution in [1.29, 1.82) is 0 Å². The van der Waals surface area contributed by atoms with Crippen LogP contribution in [0.15, 0.2) is 0 Å². The first kappa shape index (κ1) is 37.8. The summed E-state index contributed by atoms with van der Waals surface area (Å²) < 4.78 is 88.9. The highest BCUT2D eigenvalue weighted by molar-refractivity contribution is 7.56. The Morgan fingerprint density at radius 3 is 0.757 bits per heavy atom. The average Bonchev–Trinajstić information content (AvgIpc) is 2.90. The highest BCUT2D eigenvalue weighted by Crippen LogP contribution is 2.59. The Morgan fingerprint density at radius 2 is 0.595 bits per heavy atom. The standard InChI is InChI=1S/C21H48O12P4/c1-7-13-28-35(22,29-14-8-2)19-25-34(26-20-36(23,30-15-9-3)31-16-10-4)27-21-37(24,32-17-11-5)33-18-12-6/h7-21H2,1-6H3. The van der Waals surface area contributed by atoms with Gasteiger partial charge in [0.1, 0.15) is 0 Å². The molecule has 0 saturated heterocycles. The molecule has 16 heteroatoms. The summed E-state index contributed by atoms with van der Waals surface area (Å²) in [6.07, 6.45) is 2.31. The van der Waals surface area contributed by atoms with Gasteiger partial charge < -0.3 is 27.1 Å². The summed E-state index contributed by atoms with van der Waals surface area (Å²) in [6.45, 7) is 12.5. The van der Waals surface area contributed by atoms with E-state index < -0.39 is 50.4 Å². The van der Waals surface area contributed by atoms with Gasteiger partial charge in [-0.05, 0) is 38.5 Å². The molecule has 0 unspecified atom stereocenters. The lowest BCUT2D eigenvalue weighted by molar-refractivity contribution is 0.141. The minimum atomic E-state index is -3.63. The van der Waals surface area contributed by atoms with Gasteiger partial charge in [-0.25, -0.2) is 0 Å². The molecule has 12 nitrogen and oxygen atoms in total. The van der Waals surface area contributed by atoms with E-state index in [1.54, 1.807) is 0 Å². The SMILES string of the molecule is CCCOP(=O)(COP(OCP(=O)(OCCC)OCCC)OCP(=O)(OCCC)OCCC)OCCC. The van der Waals surface area contributed by atoms with E-state index in [-0.39, 0.29) is 39.6 Å². The molecule has 0 aromatic heterocycles. The van der Waals surface area contributed by atoms with Crippen LogP contribution in [-0.4, -0.2) is 58.7 Å². The molecule has 0 aromatic rings. The third-order valence-electron chi connectivity index (χ3n) is 3.92. The predicted molar refractivity (Wildman–Crippen MR) is 145 cm³/mol. The Labute approximate surface area is 224 Å². The quantitative estimate of drug-likeness (QED) is 0.0822. The zero-order chi connectivity index (χ0) is 28.0. The van der Waals surface area contributed by atoms with Gasteiger partial charge >= 0.3 is 31.4 Å². The van der Waals surface area contributed by atoms with E-state index in [9.17, 15) is 13.7 Å². The summed E-state index contributed by atoms with van der Waals surface area (Å²) >= 11 is 0. The summed E-state index contributed by atoms with van der Waals surface area (Å²) in [5.41, 5.74) is 0. The fourth-order valence-electron chi connectivity index (χ4n) is 2.18. The predicted octanol–water partition coefficient (Wildman–Crippen LogP) is 8.27. The second-order valence-corrected chi connectivity index (χ2v) is 15.0. The van der Waals surface area contributed by atoms with Crippen LogP contribution < -0.4 is 0 Å². The summed E-state index contributed by atoms with van der Waals surface area (Å²) in [5, 5.41) is 0. The van der Waals surface area contributed by atoms with Crippen LogP contribution in [0.3, 0.4) is 0 Å². The van der Waals surface area contributed by atoms with Crippen molar-refractivity contribution < 1.29 is 54.4 Å². The highest BCUT2D eigenvalue weighted by Gasteiger charge is 2.34. The zero-order valence-electron chi connectivity index (χ0n) is 23.3. The molecule has 0 radical (unpaired) electrons. The van der Waals surface area contributed by atoms with Gasteiger partial charge in [-0.2, -0.15) is 0 Å². The molecule has 0 rings (SSSR count). The monoisotopic (exact) mass is 616 g/mol. The molecule has 37 heavy (non-hydrogen) atoms. The molecule has 0 atom stereocenters. The van der Waals surface area contributed by atoms with Crippen LogP contribution in [0.5, 0.6) is 0 Å². The van der Waals surface area contributed by atoms with Crippen molar-refractivity contribution >= 4 is 31.4 Å². The van der Waals surface area contributed by atoms with Gasteiger partial charge in [-0.15, -0.1) is 0 Å². The van der Waals surface area contributed by atoms with E-state index in [2.05, 4.69) is 0 Å². The molecule has 0 heterocycles. The molecule has 0 spiro atoms. The first-order chi connectivity index (χ1) is 17.6. The summed E-state index contributed by atoms with van der Waals surface area (Å²) in [6, 6.07) is 0. The maximum Gasteiger partial charge on any atom is 0.356 e. The fourth-order valence-corrected chi connectivity index (χ4v) is 8.67. The van der Waals surface area contributed by atoms with Crippen LogP contribution in [0.1, 0.15) is 80.1 Å². The van der Waals surface area contributed by atoms with Crippen molar-refractivity contribution in [3.63, 3.8) is 0 Å². The second kappa shape index (κ2) is 22.4. The Hall–Kier alpha value is 0.760. The maximum atomic E-state index is 13.1. The van der Waals surface area contributed by atoms with Gasteiger partial charge in [0.2, 0.25) is 0 Å². The van der Waals surface area contributed by atoms with Crippen LogP contribution >= 0.6 is 31.4 Å². The molecule has 224 valence electrons. The summed E-state index contributed by atoms with van der Waals surface area (Å²) in [5.74, 6) is 0. The van der Waals surface area contributed by atoms with Gasteiger partial charge in [0, 0.05) is 0 Å². The zero-order valence-corrected chi connectivity index (χ0v) is 26.9. The lowest BCUT2D eigenvalue weighted by atomic mass is 10.5. The topological polar surface area (TPSA) is 134 Å². The van der Waals surface area contributed by atoms with Crippen molar-refractivity contribution in [2.45, 2.75) is 80.1 Å². The normalized spacial score (nSPS) is 13.1. The molecule has 0 N–H and O–H groups in total. The Morgan fingerprint density at radius 1 is 0.405 bits per heavy atom. The molecule has 0 saturated carbocycles. The molecule has 0 bridgehead atoms. The van der Waals surface area contributed by atoms with E-state index in [1.165, 1.54) is 0 Å². The largest absolute Gasteiger partial charge is 0.356 e. The third-order valence-corrected chi connectivity index (χ3v) is 10.3. The van der Waals surface area contributed by atoms with Crippen LogP contribution in [0, 0.1) is 0 Å². The van der Waals surface area contributed by atoms with E-state index in [1.807, 2.05) is 41.5 Å². The number of hydrogen-bond donors (Lipinski definition) is 0. The first-order valence-electron chi connectivity index (χ1n) is 13.0. The molecule has 0 aliphatic heterocycles. The fraction of sp³-hybridized carbons (Fsp3) is 1.00. The lowest BCUT2D eigenvalue weighted by Crippen LogP contribution is -2.09. The van der Waals surface area contributed by atoms with Gasteiger partial charge in [0.25, 0.3) is 0 Å². The van der Waals surface area contributed by atoms with E-state index in [4.69, 9.17) is 40.7 Å². The van der Waals surface area contributed by atoms with E-state index in [0.29, 0.717) is 38.5 Å². The highest BCUT2D eigenvalue weighted by atomic mass is 31.2. The maximum absolute atomic E-state index is 13.1. The summed E-state index contributed by atoms with van der Waals surface area (Å²) in [7, 11) is -13.2. The molecule has 0 aliphatic rings. The minimum absolute atomic E-state index is 0.208. The average molecular weight is 616 g/mol. The van der Waals surface area contributed by atoms with Crippen LogP contribution in [0.2, 0.25) is 0 Å². The van der Waals surface area contributed by atoms with Gasteiger partial charge in [-0.3, -0.25) is 27.3 Å². The van der Waals surface area contributed by atoms with E-state index >= 15 is 0 Å². The van der Waals surface area contributed by atoms with Gasteiger partial charge in [0.05, 0.1) is 39.6 Å². The van der Waals surface area contributed by atoms with Crippen molar-refractivity contribution in [2.75, 3.05) is 58.7 Å². The van der Waals surface area contributed by atoms with Crippen LogP contribution in [0.4, 0.5) is 0 Å². The van der Waals surface area contributed by atoms with Gasteiger partial charge in [-0.1, -0.05) is 41.5 Å². The van der Waals surface area contributed by atoms with Crippen molar-refractivity contribution in [2.24, 2.45) is 0 Å². The van der Waals surface area contributed by atoms with E-state index in [0.717, 1.165) is 0 Å². The number of hydrogen-bond acceptors (Lipinski definition) is 12. The third kappa shape index (κ3) is 18.7. The summed E-state index contributed by atoms with van der Waals surface area (Å²) in [4.78, 5) is 0. The smallest absolute Gasteiger partial charge is 0.307 e. The van der Waals surface area contributed by atoms with Crippen molar-refractivity contribution in [1.82, 2.24) is 0 Å².